The summed E-state index contributed by atoms with van der Waals surface area (Å²) in [5.41, 5.74) is -0.127. The number of hydrogen-bond acceptors (Lipinski definition) is 3. The molecule has 0 radical (unpaired) electrons. The molecule has 0 aromatic heterocycles. The third-order valence-corrected chi connectivity index (χ3v) is 2.52. The minimum Gasteiger partial charge on any atom is -0.507 e. The average molecular weight is 256 g/mol. The predicted octanol–water partition coefficient (Wildman–Crippen LogP) is 2.66. The number of nitriles is 1. The number of phenolic OH excluding ortho intramolecular Hbond substituents is 1. The summed E-state index contributed by atoms with van der Waals surface area (Å²) >= 11 is 0. The van der Waals surface area contributed by atoms with Gasteiger partial charge in [0.1, 0.15) is 23.2 Å². The molecule has 0 aliphatic heterocycles. The standard InChI is InChI=1S/C14H9FN2O2/c15-11-5-3-6-12(10(11)8-16)17-14(19)9-4-1-2-7-13(9)18/h1-7,18H,(H,17,19). The Morgan fingerprint density at radius 2 is 1.95 bits per heavy atom. The average Bonchev–Trinajstić information content (AvgIpc) is 2.39. The highest BCUT2D eigenvalue weighted by Gasteiger charge is 2.14. The SMILES string of the molecule is N#Cc1c(F)cccc1NC(=O)c1ccccc1O. The topological polar surface area (TPSA) is 73.1 Å². The maximum absolute atomic E-state index is 13.4. The molecule has 2 rings (SSSR count). The van der Waals surface area contributed by atoms with E-state index in [0.717, 1.165) is 6.07 Å². The second kappa shape index (κ2) is 5.19. The molecule has 0 aliphatic carbocycles. The van der Waals surface area contributed by atoms with Crippen LogP contribution in [0.15, 0.2) is 42.5 Å². The van der Waals surface area contributed by atoms with E-state index >= 15 is 0 Å². The first-order valence-electron chi connectivity index (χ1n) is 5.41. The van der Waals surface area contributed by atoms with Crippen molar-refractivity contribution in [2.75, 3.05) is 5.32 Å². The molecule has 2 N–H and O–H groups in total. The summed E-state index contributed by atoms with van der Waals surface area (Å²) in [6.07, 6.45) is 0. The first-order valence-corrected chi connectivity index (χ1v) is 5.41. The highest BCUT2D eigenvalue weighted by Crippen LogP contribution is 2.21. The lowest BCUT2D eigenvalue weighted by Crippen LogP contribution is -2.13. The van der Waals surface area contributed by atoms with E-state index in [1.165, 1.54) is 24.3 Å². The third kappa shape index (κ3) is 2.53. The van der Waals surface area contributed by atoms with Gasteiger partial charge in [0.2, 0.25) is 0 Å². The molecule has 0 unspecified atom stereocenters. The summed E-state index contributed by atoms with van der Waals surface area (Å²) in [5, 5.41) is 20.8. The van der Waals surface area contributed by atoms with Gasteiger partial charge in [-0.2, -0.15) is 5.26 Å². The Bertz CT molecular complexity index is 677. The number of aromatic hydroxyl groups is 1. The summed E-state index contributed by atoms with van der Waals surface area (Å²) in [6, 6.07) is 11.6. The van der Waals surface area contributed by atoms with Gasteiger partial charge < -0.3 is 10.4 Å². The molecule has 19 heavy (non-hydrogen) atoms. The van der Waals surface area contributed by atoms with E-state index in [-0.39, 0.29) is 22.6 Å². The van der Waals surface area contributed by atoms with E-state index in [4.69, 9.17) is 5.26 Å². The Morgan fingerprint density at radius 3 is 2.63 bits per heavy atom. The molecule has 0 heterocycles. The van der Waals surface area contributed by atoms with Crippen LogP contribution in [-0.2, 0) is 0 Å². The lowest BCUT2D eigenvalue weighted by atomic mass is 10.1. The Morgan fingerprint density at radius 1 is 1.21 bits per heavy atom. The van der Waals surface area contributed by atoms with E-state index in [1.807, 2.05) is 0 Å². The fraction of sp³-hybridized carbons (Fsp3) is 0. The second-order valence-electron chi connectivity index (χ2n) is 3.75. The predicted molar refractivity (Wildman–Crippen MR) is 67.2 cm³/mol. The van der Waals surface area contributed by atoms with Gasteiger partial charge in [0.25, 0.3) is 5.91 Å². The number of phenols is 1. The van der Waals surface area contributed by atoms with Crippen molar-refractivity contribution in [3.63, 3.8) is 0 Å². The van der Waals surface area contributed by atoms with Crippen LogP contribution >= 0.6 is 0 Å². The second-order valence-corrected chi connectivity index (χ2v) is 3.75. The van der Waals surface area contributed by atoms with Crippen LogP contribution in [0.2, 0.25) is 0 Å². The zero-order valence-electron chi connectivity index (χ0n) is 9.72. The number of carbonyl (C=O) groups is 1. The van der Waals surface area contributed by atoms with Gasteiger partial charge in [-0.05, 0) is 24.3 Å². The fourth-order valence-electron chi connectivity index (χ4n) is 1.60. The van der Waals surface area contributed by atoms with Crippen molar-refractivity contribution >= 4 is 11.6 Å². The Hall–Kier alpha value is -2.87. The van der Waals surface area contributed by atoms with Gasteiger partial charge in [-0.1, -0.05) is 18.2 Å². The number of para-hydroxylation sites is 1. The van der Waals surface area contributed by atoms with Crippen molar-refractivity contribution < 1.29 is 14.3 Å². The molecule has 0 aliphatic rings. The quantitative estimate of drug-likeness (QED) is 0.867. The van der Waals surface area contributed by atoms with Crippen LogP contribution in [0.5, 0.6) is 5.75 Å². The van der Waals surface area contributed by atoms with Crippen molar-refractivity contribution in [2.24, 2.45) is 0 Å². The highest BCUT2D eigenvalue weighted by atomic mass is 19.1. The number of benzene rings is 2. The smallest absolute Gasteiger partial charge is 0.259 e. The van der Waals surface area contributed by atoms with E-state index in [1.54, 1.807) is 18.2 Å². The number of carbonyl (C=O) groups excluding carboxylic acids is 1. The van der Waals surface area contributed by atoms with Crippen molar-refractivity contribution in [3.05, 3.63) is 59.4 Å². The maximum Gasteiger partial charge on any atom is 0.259 e. The minimum absolute atomic E-state index is 0.0515. The zero-order chi connectivity index (χ0) is 13.8. The number of halogens is 1. The summed E-state index contributed by atoms with van der Waals surface area (Å²) in [4.78, 5) is 11.9. The molecular formula is C14H9FN2O2. The molecule has 2 aromatic carbocycles. The molecule has 0 atom stereocenters. The van der Waals surface area contributed by atoms with E-state index in [2.05, 4.69) is 5.32 Å². The monoisotopic (exact) mass is 256 g/mol. The van der Waals surface area contributed by atoms with Crippen LogP contribution in [0.4, 0.5) is 10.1 Å². The molecule has 0 spiro atoms. The third-order valence-electron chi connectivity index (χ3n) is 2.52. The Balaban J connectivity index is 2.33. The van der Waals surface area contributed by atoms with E-state index in [9.17, 15) is 14.3 Å². The van der Waals surface area contributed by atoms with Gasteiger partial charge >= 0.3 is 0 Å². The molecule has 0 saturated heterocycles. The van der Waals surface area contributed by atoms with Gasteiger partial charge in [0.15, 0.2) is 0 Å². The molecule has 5 heteroatoms. The van der Waals surface area contributed by atoms with Gasteiger partial charge in [-0.3, -0.25) is 4.79 Å². The first-order chi connectivity index (χ1) is 9.13. The van der Waals surface area contributed by atoms with Crippen LogP contribution in [0.25, 0.3) is 0 Å². The molecule has 4 nitrogen and oxygen atoms in total. The molecule has 94 valence electrons. The number of rotatable bonds is 2. The van der Waals surface area contributed by atoms with E-state index < -0.39 is 11.7 Å². The van der Waals surface area contributed by atoms with Gasteiger partial charge in [0.05, 0.1) is 11.3 Å². The van der Waals surface area contributed by atoms with Crippen LogP contribution in [-0.4, -0.2) is 11.0 Å². The molecule has 0 bridgehead atoms. The van der Waals surface area contributed by atoms with Crippen LogP contribution in [0.3, 0.4) is 0 Å². The Kier molecular flexibility index (Phi) is 3.44. The molecule has 0 fully saturated rings. The summed E-state index contributed by atoms with van der Waals surface area (Å²) < 4.78 is 13.4. The fourth-order valence-corrected chi connectivity index (χ4v) is 1.60. The highest BCUT2D eigenvalue weighted by molar-refractivity contribution is 6.06. The Labute approximate surface area is 108 Å². The number of nitrogens with one attached hydrogen (secondary N) is 1. The van der Waals surface area contributed by atoms with Crippen molar-refractivity contribution in [2.45, 2.75) is 0 Å². The number of nitrogens with zero attached hydrogens (tertiary/aromatic N) is 1. The largest absolute Gasteiger partial charge is 0.507 e. The summed E-state index contributed by atoms with van der Waals surface area (Å²) in [6.45, 7) is 0. The maximum atomic E-state index is 13.4. The molecule has 0 saturated carbocycles. The van der Waals surface area contributed by atoms with Crippen molar-refractivity contribution in [1.29, 1.82) is 5.26 Å². The van der Waals surface area contributed by atoms with Crippen LogP contribution in [0.1, 0.15) is 15.9 Å². The zero-order valence-corrected chi connectivity index (χ0v) is 9.72. The van der Waals surface area contributed by atoms with E-state index in [0.29, 0.717) is 0 Å². The van der Waals surface area contributed by atoms with Crippen LogP contribution in [0, 0.1) is 17.1 Å². The summed E-state index contributed by atoms with van der Waals surface area (Å²) in [5.74, 6) is -1.51. The summed E-state index contributed by atoms with van der Waals surface area (Å²) in [7, 11) is 0. The lowest BCUT2D eigenvalue weighted by Gasteiger charge is -2.08. The van der Waals surface area contributed by atoms with Gasteiger partial charge in [-0.15, -0.1) is 0 Å². The van der Waals surface area contributed by atoms with Gasteiger partial charge in [-0.25, -0.2) is 4.39 Å². The normalized spacial score (nSPS) is 9.68. The van der Waals surface area contributed by atoms with Gasteiger partial charge in [0, 0.05) is 0 Å². The number of anilines is 1. The van der Waals surface area contributed by atoms with Crippen LogP contribution < -0.4 is 5.32 Å². The lowest BCUT2D eigenvalue weighted by molar-refractivity contribution is 0.102. The number of amides is 1. The molecule has 2 aromatic rings. The number of hydrogen-bond donors (Lipinski definition) is 2. The molecule has 1 amide bonds. The van der Waals surface area contributed by atoms with Crippen molar-refractivity contribution in [1.82, 2.24) is 0 Å². The first kappa shape index (κ1) is 12.6. The molecular weight excluding hydrogens is 247 g/mol. The van der Waals surface area contributed by atoms with Crippen molar-refractivity contribution in [3.8, 4) is 11.8 Å². The minimum atomic E-state index is -0.711.